The standard InChI is InChI=1S/C23H30F2N2O/c1-17-6-9-22(18(2)14-17)26-10-12-27(13-11-26)23(28)5-3-4-19-15-21(25)8-7-20(19)16-24/h6,8-9,14-15,20H,3-5,7,10-13,16H2,1-2H3. The van der Waals surface area contributed by atoms with Gasteiger partial charge in [-0.25, -0.2) is 4.39 Å². The minimum Gasteiger partial charge on any atom is -0.368 e. The Morgan fingerprint density at radius 1 is 1.18 bits per heavy atom. The number of hydrogen-bond donors (Lipinski definition) is 0. The second-order valence-electron chi connectivity index (χ2n) is 7.91. The minimum absolute atomic E-state index is 0.143. The Bertz CT molecular complexity index is 764. The van der Waals surface area contributed by atoms with Crippen LogP contribution in [0.25, 0.3) is 0 Å². The molecule has 1 aliphatic carbocycles. The summed E-state index contributed by atoms with van der Waals surface area (Å²) >= 11 is 0. The van der Waals surface area contributed by atoms with E-state index in [9.17, 15) is 13.6 Å². The van der Waals surface area contributed by atoms with Crippen molar-refractivity contribution in [2.75, 3.05) is 37.8 Å². The van der Waals surface area contributed by atoms with Crippen LogP contribution in [-0.4, -0.2) is 43.7 Å². The molecule has 1 fully saturated rings. The molecular weight excluding hydrogens is 358 g/mol. The number of carbonyl (C=O) groups is 1. The van der Waals surface area contributed by atoms with E-state index in [-0.39, 0.29) is 17.7 Å². The number of aryl methyl sites for hydroxylation is 2. The molecule has 1 heterocycles. The molecule has 1 atom stereocenters. The van der Waals surface area contributed by atoms with Crippen molar-refractivity contribution in [1.82, 2.24) is 4.90 Å². The van der Waals surface area contributed by atoms with Crippen molar-refractivity contribution in [2.24, 2.45) is 5.92 Å². The average Bonchev–Trinajstić information content (AvgIpc) is 2.68. The minimum atomic E-state index is -0.468. The van der Waals surface area contributed by atoms with E-state index in [4.69, 9.17) is 0 Å². The molecule has 1 aromatic carbocycles. The van der Waals surface area contributed by atoms with Crippen LogP contribution < -0.4 is 4.90 Å². The second kappa shape index (κ2) is 9.35. The number of amides is 1. The molecule has 0 spiro atoms. The molecule has 1 saturated heterocycles. The SMILES string of the molecule is Cc1ccc(N2CCN(C(=O)CCCC3=CC(F)=CCC3CF)CC2)c(C)c1. The van der Waals surface area contributed by atoms with E-state index in [0.29, 0.717) is 25.7 Å². The normalized spacial score (nSPS) is 20.1. The van der Waals surface area contributed by atoms with Crippen molar-refractivity contribution < 1.29 is 13.6 Å². The summed E-state index contributed by atoms with van der Waals surface area (Å²) in [5.74, 6) is -0.367. The number of piperazine rings is 1. The number of nitrogens with zero attached hydrogens (tertiary/aromatic N) is 2. The van der Waals surface area contributed by atoms with Gasteiger partial charge in [-0.1, -0.05) is 23.3 Å². The van der Waals surface area contributed by atoms with Crippen LogP contribution in [0.15, 0.2) is 41.8 Å². The van der Waals surface area contributed by atoms with Crippen LogP contribution in [0.5, 0.6) is 0 Å². The quantitative estimate of drug-likeness (QED) is 0.693. The fourth-order valence-electron chi connectivity index (χ4n) is 4.16. The molecule has 1 aliphatic heterocycles. The van der Waals surface area contributed by atoms with Gasteiger partial charge >= 0.3 is 0 Å². The molecule has 0 aromatic heterocycles. The highest BCUT2D eigenvalue weighted by Crippen LogP contribution is 2.29. The maximum atomic E-state index is 13.4. The number of hydrogen-bond acceptors (Lipinski definition) is 2. The average molecular weight is 389 g/mol. The highest BCUT2D eigenvalue weighted by atomic mass is 19.1. The topological polar surface area (TPSA) is 23.6 Å². The third-order valence-electron chi connectivity index (χ3n) is 5.81. The van der Waals surface area contributed by atoms with Crippen LogP contribution >= 0.6 is 0 Å². The van der Waals surface area contributed by atoms with E-state index in [2.05, 4.69) is 36.9 Å². The predicted molar refractivity (Wildman–Crippen MR) is 110 cm³/mol. The van der Waals surface area contributed by atoms with Crippen LogP contribution in [0.1, 0.15) is 36.8 Å². The van der Waals surface area contributed by atoms with Gasteiger partial charge in [0.15, 0.2) is 0 Å². The molecule has 1 unspecified atom stereocenters. The molecule has 0 saturated carbocycles. The highest BCUT2D eigenvalue weighted by Gasteiger charge is 2.23. The van der Waals surface area contributed by atoms with Gasteiger partial charge in [0.05, 0.1) is 6.67 Å². The lowest BCUT2D eigenvalue weighted by Crippen LogP contribution is -2.49. The number of carbonyl (C=O) groups excluding carboxylic acids is 1. The zero-order chi connectivity index (χ0) is 20.1. The smallest absolute Gasteiger partial charge is 0.222 e. The molecule has 0 bridgehead atoms. The Morgan fingerprint density at radius 2 is 1.93 bits per heavy atom. The number of allylic oxidation sites excluding steroid dienone is 4. The Hall–Kier alpha value is -2.17. The van der Waals surface area contributed by atoms with Crippen molar-refractivity contribution in [2.45, 2.75) is 39.5 Å². The van der Waals surface area contributed by atoms with Crippen LogP contribution in [0.2, 0.25) is 0 Å². The van der Waals surface area contributed by atoms with Gasteiger partial charge in [0.2, 0.25) is 5.91 Å². The monoisotopic (exact) mass is 388 g/mol. The first-order chi connectivity index (χ1) is 13.5. The second-order valence-corrected chi connectivity index (χ2v) is 7.91. The Labute approximate surface area is 166 Å². The van der Waals surface area contributed by atoms with E-state index in [1.165, 1.54) is 29.0 Å². The maximum Gasteiger partial charge on any atom is 0.222 e. The zero-order valence-corrected chi connectivity index (χ0v) is 16.9. The summed E-state index contributed by atoms with van der Waals surface area (Å²) in [5, 5.41) is 0. The summed E-state index contributed by atoms with van der Waals surface area (Å²) in [6.45, 7) is 6.86. The summed E-state index contributed by atoms with van der Waals surface area (Å²) in [6, 6.07) is 6.48. The van der Waals surface area contributed by atoms with E-state index in [0.717, 1.165) is 31.8 Å². The molecule has 3 rings (SSSR count). The van der Waals surface area contributed by atoms with Gasteiger partial charge in [0.1, 0.15) is 5.83 Å². The van der Waals surface area contributed by atoms with Gasteiger partial charge in [0.25, 0.3) is 0 Å². The van der Waals surface area contributed by atoms with Gasteiger partial charge in [-0.2, -0.15) is 0 Å². The van der Waals surface area contributed by atoms with Gasteiger partial charge in [-0.05, 0) is 56.9 Å². The third-order valence-corrected chi connectivity index (χ3v) is 5.81. The Balaban J connectivity index is 1.46. The zero-order valence-electron chi connectivity index (χ0n) is 16.9. The van der Waals surface area contributed by atoms with Gasteiger partial charge in [-0.15, -0.1) is 0 Å². The summed E-state index contributed by atoms with van der Waals surface area (Å²) < 4.78 is 26.5. The van der Waals surface area contributed by atoms with E-state index >= 15 is 0 Å². The first-order valence-electron chi connectivity index (χ1n) is 10.2. The Morgan fingerprint density at radius 3 is 2.61 bits per heavy atom. The van der Waals surface area contributed by atoms with Gasteiger partial charge in [0, 0.05) is 44.2 Å². The van der Waals surface area contributed by atoms with Crippen LogP contribution in [0.4, 0.5) is 14.5 Å². The Kier molecular flexibility index (Phi) is 6.87. The number of alkyl halides is 1. The van der Waals surface area contributed by atoms with Gasteiger partial charge < -0.3 is 9.80 Å². The van der Waals surface area contributed by atoms with E-state index < -0.39 is 6.67 Å². The molecule has 5 heteroatoms. The lowest BCUT2D eigenvalue weighted by Gasteiger charge is -2.37. The third kappa shape index (κ3) is 5.00. The first-order valence-corrected chi connectivity index (χ1v) is 10.2. The van der Waals surface area contributed by atoms with E-state index in [1.54, 1.807) is 0 Å². The molecule has 2 aliphatic rings. The molecule has 3 nitrogen and oxygen atoms in total. The van der Waals surface area contributed by atoms with Crippen LogP contribution in [0.3, 0.4) is 0 Å². The fourth-order valence-corrected chi connectivity index (χ4v) is 4.16. The summed E-state index contributed by atoms with van der Waals surface area (Å²) in [5.41, 5.74) is 4.57. The van der Waals surface area contributed by atoms with Crippen LogP contribution in [-0.2, 0) is 4.79 Å². The largest absolute Gasteiger partial charge is 0.368 e. The number of anilines is 1. The predicted octanol–water partition coefficient (Wildman–Crippen LogP) is 4.89. The molecule has 1 aromatic rings. The van der Waals surface area contributed by atoms with Crippen LogP contribution in [0, 0.1) is 19.8 Å². The number of rotatable bonds is 6. The maximum absolute atomic E-state index is 13.4. The highest BCUT2D eigenvalue weighted by molar-refractivity contribution is 5.76. The van der Waals surface area contributed by atoms with Crippen molar-refractivity contribution in [3.05, 3.63) is 52.9 Å². The summed E-state index contributed by atoms with van der Waals surface area (Å²) in [4.78, 5) is 16.8. The van der Waals surface area contributed by atoms with Crippen molar-refractivity contribution >= 4 is 11.6 Å². The summed E-state index contributed by atoms with van der Waals surface area (Å²) in [6.07, 6.45) is 4.97. The fraction of sp³-hybridized carbons (Fsp3) is 0.522. The first kappa shape index (κ1) is 20.6. The molecule has 0 radical (unpaired) electrons. The lowest BCUT2D eigenvalue weighted by molar-refractivity contribution is -0.131. The molecule has 152 valence electrons. The van der Waals surface area contributed by atoms with Crippen molar-refractivity contribution in [3.63, 3.8) is 0 Å². The molecule has 1 amide bonds. The van der Waals surface area contributed by atoms with E-state index in [1.807, 2.05) is 4.90 Å². The number of benzene rings is 1. The van der Waals surface area contributed by atoms with Gasteiger partial charge in [-0.3, -0.25) is 9.18 Å². The molecule has 0 N–H and O–H groups in total. The van der Waals surface area contributed by atoms with Crippen molar-refractivity contribution in [1.29, 1.82) is 0 Å². The van der Waals surface area contributed by atoms with Crippen molar-refractivity contribution in [3.8, 4) is 0 Å². The molecule has 28 heavy (non-hydrogen) atoms. The molecular formula is C23H30F2N2O. The summed E-state index contributed by atoms with van der Waals surface area (Å²) in [7, 11) is 0. The lowest BCUT2D eigenvalue weighted by atomic mass is 9.88. The number of halogens is 2.